The lowest BCUT2D eigenvalue weighted by molar-refractivity contribution is -0.143. The fraction of sp³-hybridized carbons (Fsp3) is 0.375. The van der Waals surface area contributed by atoms with E-state index in [4.69, 9.17) is 28.8 Å². The van der Waals surface area contributed by atoms with E-state index in [-0.39, 0.29) is 50.2 Å². The van der Waals surface area contributed by atoms with Crippen LogP contribution in [-0.2, 0) is 64.0 Å². The first kappa shape index (κ1) is 61.1. The molecule has 22 nitrogen and oxygen atoms in total. The van der Waals surface area contributed by atoms with Gasteiger partial charge in [-0.05, 0) is 91.7 Å². The summed E-state index contributed by atoms with van der Waals surface area (Å²) in [6.07, 6.45) is 5.54. The number of carbonyl (C=O) groups is 8. The maximum absolute atomic E-state index is 15.2. The van der Waals surface area contributed by atoms with Gasteiger partial charge in [0.25, 0.3) is 0 Å². The van der Waals surface area contributed by atoms with Gasteiger partial charge in [0.2, 0.25) is 47.3 Å². The molecule has 3 aromatic heterocycles. The fourth-order valence-corrected chi connectivity index (χ4v) is 11.8. The van der Waals surface area contributed by atoms with Crippen LogP contribution in [0.4, 0.5) is 0 Å². The topological polar surface area (TPSA) is 355 Å². The van der Waals surface area contributed by atoms with Gasteiger partial charge in [-0.15, -0.1) is 0 Å². The third-order valence-electron chi connectivity index (χ3n) is 13.9. The Morgan fingerprint density at radius 2 is 1.42 bits per heavy atom. The number of aliphatic hydroxyl groups is 1. The number of carbonyl (C=O) groups excluding carboxylic acids is 8. The Balaban J connectivity index is 1.26. The number of nitrogens with two attached hydrogens (primary N) is 3. The molecule has 1 aliphatic heterocycles. The number of aliphatic hydroxyl groups excluding tert-OH is 1. The summed E-state index contributed by atoms with van der Waals surface area (Å²) in [6.45, 7) is 1.52. The number of aromatic amines is 2. The standard InChI is InChI=1S/C56H68ClN13O9S2/c1-31(71)48-55(78)68-46(52(75)64-42(49(60)72)24-34-27-62-40-13-5-3-11-37(34)40)30-81-80-29-45(67-50(73)39(59)22-32-16-18-36(57)19-17-32)53(76)65-43(23-33-10-9-21-61-26-33)51(74)66-44(25-35-28-63-41-14-6-4-12-38(35)41)56(79)70(2)47(54(77)69-48)15-7-8-20-58/h3-6,9-14,16-19,21,26-28,31,39,42-48,62-63,71H,7-8,15,20,22-25,29-30,58-59H2,1-2H3,(H2,60,72)(H,64,75)(H,65,76)(H,66,74)(H,67,73)(H,68,78)(H,69,77)/t31-,39+,42-,43+,44?,45?,46?,47+,48+/m1/s1. The number of H-pyrrole nitrogens is 2. The molecule has 3 aromatic carbocycles. The highest BCUT2D eigenvalue weighted by atomic mass is 35.5. The Labute approximate surface area is 480 Å². The number of benzene rings is 3. The molecule has 7 rings (SSSR count). The lowest BCUT2D eigenvalue weighted by Gasteiger charge is -2.33. The third-order valence-corrected chi connectivity index (χ3v) is 16.6. The van der Waals surface area contributed by atoms with Crippen LogP contribution < -0.4 is 49.1 Å². The summed E-state index contributed by atoms with van der Waals surface area (Å²) < 4.78 is 0. The first-order valence-corrected chi connectivity index (χ1v) is 29.3. The van der Waals surface area contributed by atoms with E-state index in [1.807, 2.05) is 48.5 Å². The maximum atomic E-state index is 15.2. The first-order valence-electron chi connectivity index (χ1n) is 26.4. The van der Waals surface area contributed by atoms with Crippen molar-refractivity contribution < 1.29 is 43.5 Å². The SMILES string of the molecule is C[C@@H](O)[C@@H]1NC(=O)[C@H](CCCCN)N(C)C(=O)C(Cc2c[nH]c3ccccc23)NC(=O)[C@H](Cc2cccnc2)NC(=O)C(NC(=O)[C@@H](N)Cc2ccc(Cl)cc2)CSSCC(C(=O)N[C@H](Cc2c[nH]c3ccccc23)C(N)=O)NC1=O. The van der Waals surface area contributed by atoms with Gasteiger partial charge in [-0.2, -0.15) is 0 Å². The van der Waals surface area contributed by atoms with Gasteiger partial charge in [0.05, 0.1) is 12.1 Å². The first-order chi connectivity index (χ1) is 38.9. The van der Waals surface area contributed by atoms with Gasteiger partial charge < -0.3 is 69.1 Å². The minimum atomic E-state index is -1.70. The van der Waals surface area contributed by atoms with Gasteiger partial charge in [-0.1, -0.05) is 87.8 Å². The van der Waals surface area contributed by atoms with Crippen LogP contribution in [0.2, 0.25) is 5.02 Å². The molecule has 81 heavy (non-hydrogen) atoms. The average Bonchev–Trinajstić information content (AvgIpc) is 4.26. The van der Waals surface area contributed by atoms with Crippen molar-refractivity contribution in [1.29, 1.82) is 0 Å². The summed E-state index contributed by atoms with van der Waals surface area (Å²) in [5, 5.41) is 29.6. The van der Waals surface area contributed by atoms with E-state index in [0.717, 1.165) is 48.3 Å². The molecule has 0 bridgehead atoms. The molecule has 0 spiro atoms. The maximum Gasteiger partial charge on any atom is 0.245 e. The molecular formula is C56H68ClN13O9S2. The number of hydrogen-bond donors (Lipinski definition) is 12. The molecule has 25 heteroatoms. The number of nitrogens with zero attached hydrogens (tertiary/aromatic N) is 2. The van der Waals surface area contributed by atoms with Crippen LogP contribution in [0.15, 0.2) is 110 Å². The predicted octanol–water partition coefficient (Wildman–Crippen LogP) is 1.42. The van der Waals surface area contributed by atoms with Gasteiger partial charge in [0.15, 0.2) is 0 Å². The molecule has 3 unspecified atom stereocenters. The van der Waals surface area contributed by atoms with E-state index in [1.54, 1.807) is 55.0 Å². The molecule has 0 aliphatic carbocycles. The van der Waals surface area contributed by atoms with Crippen LogP contribution in [0, 0.1) is 0 Å². The van der Waals surface area contributed by atoms with Gasteiger partial charge in [0.1, 0.15) is 42.3 Å². The number of aromatic nitrogens is 3. The Kier molecular flexibility index (Phi) is 22.1. The number of unbranched alkanes of at least 4 members (excludes halogenated alkanes) is 1. The fourth-order valence-electron chi connectivity index (χ4n) is 9.39. The van der Waals surface area contributed by atoms with E-state index in [2.05, 4.69) is 46.9 Å². The van der Waals surface area contributed by atoms with Crippen molar-refractivity contribution in [1.82, 2.24) is 51.8 Å². The number of fused-ring (bicyclic) bond motifs is 2. The number of primary amides is 1. The lowest BCUT2D eigenvalue weighted by atomic mass is 10.00. The smallest absolute Gasteiger partial charge is 0.245 e. The zero-order valence-corrected chi connectivity index (χ0v) is 47.1. The zero-order valence-electron chi connectivity index (χ0n) is 44.7. The summed E-state index contributed by atoms with van der Waals surface area (Å²) >= 11 is 6.10. The van der Waals surface area contributed by atoms with Crippen molar-refractivity contribution >= 4 is 102 Å². The van der Waals surface area contributed by atoms with Crippen molar-refractivity contribution in [3.8, 4) is 0 Å². The van der Waals surface area contributed by atoms with Crippen LogP contribution in [0.25, 0.3) is 21.8 Å². The summed E-state index contributed by atoms with van der Waals surface area (Å²) in [4.78, 5) is 127. The van der Waals surface area contributed by atoms with E-state index < -0.39 is 102 Å². The van der Waals surface area contributed by atoms with Gasteiger partial charge >= 0.3 is 0 Å². The highest BCUT2D eigenvalue weighted by molar-refractivity contribution is 8.76. The molecule has 15 N–H and O–H groups in total. The second kappa shape index (κ2) is 29.3. The Morgan fingerprint density at radius 3 is 2.07 bits per heavy atom. The number of hydrogen-bond acceptors (Lipinski definition) is 14. The highest BCUT2D eigenvalue weighted by Gasteiger charge is 2.39. The molecule has 0 saturated carbocycles. The minimum absolute atomic E-state index is 0.0309. The molecule has 430 valence electrons. The van der Waals surface area contributed by atoms with Crippen molar-refractivity contribution in [3.05, 3.63) is 137 Å². The Hall–Kier alpha value is -7.48. The van der Waals surface area contributed by atoms with Gasteiger partial charge in [-0.25, -0.2) is 0 Å². The lowest BCUT2D eigenvalue weighted by Crippen LogP contribution is -2.62. The summed E-state index contributed by atoms with van der Waals surface area (Å²) in [6, 6.07) is 13.7. The highest BCUT2D eigenvalue weighted by Crippen LogP contribution is 2.26. The minimum Gasteiger partial charge on any atom is -0.391 e. The Bertz CT molecular complexity index is 3160. The van der Waals surface area contributed by atoms with Crippen LogP contribution in [0.1, 0.15) is 48.4 Å². The zero-order chi connectivity index (χ0) is 58.2. The number of nitrogens with one attached hydrogen (secondary N) is 8. The molecular weight excluding hydrogens is 1100 g/mol. The second-order valence-electron chi connectivity index (χ2n) is 19.9. The van der Waals surface area contributed by atoms with Crippen molar-refractivity contribution in [2.45, 2.75) is 106 Å². The third kappa shape index (κ3) is 16.8. The molecule has 1 saturated heterocycles. The van der Waals surface area contributed by atoms with E-state index in [9.17, 15) is 38.7 Å². The van der Waals surface area contributed by atoms with Crippen LogP contribution >= 0.6 is 33.2 Å². The molecule has 4 heterocycles. The van der Waals surface area contributed by atoms with E-state index in [1.165, 1.54) is 20.2 Å². The van der Waals surface area contributed by atoms with E-state index >= 15 is 4.79 Å². The number of rotatable bonds is 18. The molecule has 9 atom stereocenters. The molecule has 6 aromatic rings. The van der Waals surface area contributed by atoms with Gasteiger partial charge in [0, 0.05) is 89.4 Å². The normalized spacial score (nSPS) is 21.2. The molecule has 8 amide bonds. The summed E-state index contributed by atoms with van der Waals surface area (Å²) in [7, 11) is 3.41. The number of likely N-dealkylation sites (N-methyl/N-ethyl adjacent to an activating group) is 1. The van der Waals surface area contributed by atoms with Crippen molar-refractivity contribution in [2.24, 2.45) is 17.2 Å². The molecule has 1 aliphatic rings. The molecule has 1 fully saturated rings. The number of halogens is 1. The monoisotopic (exact) mass is 1170 g/mol. The number of pyridine rings is 1. The summed E-state index contributed by atoms with van der Waals surface area (Å²) in [5.41, 5.74) is 22.3. The summed E-state index contributed by atoms with van der Waals surface area (Å²) in [5.74, 6) is -7.05. The van der Waals surface area contributed by atoms with E-state index in [0.29, 0.717) is 40.1 Å². The largest absolute Gasteiger partial charge is 0.391 e. The van der Waals surface area contributed by atoms with Crippen molar-refractivity contribution in [2.75, 3.05) is 25.1 Å². The van der Waals surface area contributed by atoms with Crippen LogP contribution in [0.5, 0.6) is 0 Å². The van der Waals surface area contributed by atoms with Crippen molar-refractivity contribution in [3.63, 3.8) is 0 Å². The second-order valence-corrected chi connectivity index (χ2v) is 22.9. The number of para-hydroxylation sites is 2. The van der Waals surface area contributed by atoms with Gasteiger partial charge in [-0.3, -0.25) is 43.3 Å². The van der Waals surface area contributed by atoms with Crippen LogP contribution in [-0.4, -0.2) is 152 Å². The number of amides is 8. The van der Waals surface area contributed by atoms with Crippen LogP contribution in [0.3, 0.4) is 0 Å². The quantitative estimate of drug-likeness (QED) is 0.0428. The average molecular weight is 1170 g/mol. The predicted molar refractivity (Wildman–Crippen MR) is 312 cm³/mol. The molecule has 0 radical (unpaired) electrons. The Morgan fingerprint density at radius 1 is 0.765 bits per heavy atom.